The summed E-state index contributed by atoms with van der Waals surface area (Å²) in [6.45, 7) is 1.98. The van der Waals surface area contributed by atoms with Crippen molar-refractivity contribution in [3.63, 3.8) is 0 Å². The van der Waals surface area contributed by atoms with Gasteiger partial charge in [0, 0.05) is 12.5 Å². The van der Waals surface area contributed by atoms with Crippen molar-refractivity contribution < 1.29 is 22.9 Å². The number of carbonyl (C=O) groups is 1. The first-order chi connectivity index (χ1) is 20.7. The minimum absolute atomic E-state index is 0.0620. The van der Waals surface area contributed by atoms with Gasteiger partial charge < -0.3 is 4.74 Å². The van der Waals surface area contributed by atoms with Gasteiger partial charge in [-0.3, -0.25) is 19.2 Å². The first-order valence-corrected chi connectivity index (χ1v) is 15.1. The van der Waals surface area contributed by atoms with Gasteiger partial charge >= 0.3 is 5.97 Å². The molecule has 5 rings (SSSR count). The number of benzene rings is 5. The Morgan fingerprint density at radius 2 is 1.58 bits per heavy atom. The summed E-state index contributed by atoms with van der Waals surface area (Å²) in [5, 5.41) is 14.0. The van der Waals surface area contributed by atoms with Gasteiger partial charge in [0.2, 0.25) is 0 Å². The van der Waals surface area contributed by atoms with Gasteiger partial charge in [0.05, 0.1) is 24.3 Å². The van der Waals surface area contributed by atoms with E-state index in [0.717, 1.165) is 33.0 Å². The molecule has 0 aromatic heterocycles. The number of hydrogen-bond donors (Lipinski definition) is 0. The van der Waals surface area contributed by atoms with Crippen LogP contribution in [0.1, 0.15) is 23.1 Å². The predicted octanol–water partition coefficient (Wildman–Crippen LogP) is 7.22. The quantitative estimate of drug-likeness (QED) is 0.0960. The molecule has 5 aromatic rings. The number of rotatable bonds is 10. The van der Waals surface area contributed by atoms with Crippen LogP contribution in [0.15, 0.2) is 114 Å². The number of nitrogens with zero attached hydrogens (tertiary/aromatic N) is 2. The Morgan fingerprint density at radius 1 is 0.860 bits per heavy atom. The van der Waals surface area contributed by atoms with Crippen molar-refractivity contribution in [1.82, 2.24) is 0 Å². The summed E-state index contributed by atoms with van der Waals surface area (Å²) in [4.78, 5) is 22.3. The number of nitro groups is 1. The van der Waals surface area contributed by atoms with Crippen LogP contribution in [-0.4, -0.2) is 26.4 Å². The van der Waals surface area contributed by atoms with Crippen molar-refractivity contribution in [2.45, 2.75) is 31.2 Å². The fraction of sp³-hybridized carbons (Fsp3) is 0.147. The second-order valence-corrected chi connectivity index (χ2v) is 12.0. The van der Waals surface area contributed by atoms with Crippen LogP contribution < -0.4 is 4.31 Å². The van der Waals surface area contributed by atoms with Gasteiger partial charge in [-0.05, 0) is 76.2 Å². The molecule has 0 unspecified atom stereocenters. The minimum Gasteiger partial charge on any atom is -0.469 e. The van der Waals surface area contributed by atoms with Gasteiger partial charge in [-0.1, -0.05) is 78.9 Å². The van der Waals surface area contributed by atoms with E-state index in [-0.39, 0.29) is 18.9 Å². The van der Waals surface area contributed by atoms with Crippen LogP contribution in [0.5, 0.6) is 0 Å². The molecule has 0 saturated heterocycles. The highest BCUT2D eigenvalue weighted by atomic mass is 32.2. The van der Waals surface area contributed by atoms with Crippen LogP contribution in [0.4, 0.5) is 11.4 Å². The molecule has 0 aliphatic rings. The van der Waals surface area contributed by atoms with E-state index < -0.39 is 25.5 Å². The number of nitro benzene ring substituents is 1. The molecule has 0 amide bonds. The molecular weight excluding hydrogens is 564 g/mol. The molecule has 0 aliphatic heterocycles. The average molecular weight is 595 g/mol. The smallest absolute Gasteiger partial charge is 0.305 e. The van der Waals surface area contributed by atoms with E-state index in [1.165, 1.54) is 35.7 Å². The zero-order chi connectivity index (χ0) is 30.6. The van der Waals surface area contributed by atoms with Crippen molar-refractivity contribution in [1.29, 1.82) is 0 Å². The molecule has 9 heteroatoms. The van der Waals surface area contributed by atoms with Crippen LogP contribution in [0.3, 0.4) is 0 Å². The number of carbonyl (C=O) groups excluding carboxylic acids is 1. The van der Waals surface area contributed by atoms with Crippen molar-refractivity contribution in [3.8, 4) is 11.1 Å². The molecule has 0 atom stereocenters. The van der Waals surface area contributed by atoms with Crippen LogP contribution >= 0.6 is 0 Å². The van der Waals surface area contributed by atoms with Gasteiger partial charge in [0.25, 0.3) is 15.7 Å². The number of esters is 1. The number of ether oxygens (including phenoxy) is 1. The molecule has 0 bridgehead atoms. The van der Waals surface area contributed by atoms with Crippen molar-refractivity contribution >= 4 is 38.1 Å². The molecule has 0 fully saturated rings. The van der Waals surface area contributed by atoms with Crippen LogP contribution in [-0.2, 0) is 32.5 Å². The molecule has 43 heavy (non-hydrogen) atoms. The lowest BCUT2D eigenvalue weighted by Crippen LogP contribution is -2.31. The maximum Gasteiger partial charge on any atom is 0.305 e. The Morgan fingerprint density at radius 3 is 2.33 bits per heavy atom. The van der Waals surface area contributed by atoms with Gasteiger partial charge in [-0.25, -0.2) is 8.42 Å². The second-order valence-electron chi connectivity index (χ2n) is 10.2. The third-order valence-corrected chi connectivity index (χ3v) is 9.20. The molecule has 8 nitrogen and oxygen atoms in total. The summed E-state index contributed by atoms with van der Waals surface area (Å²) >= 11 is 0. The van der Waals surface area contributed by atoms with E-state index in [9.17, 15) is 23.3 Å². The van der Waals surface area contributed by atoms with E-state index in [1.54, 1.807) is 24.3 Å². The number of fused-ring (bicyclic) bond motifs is 1. The summed E-state index contributed by atoms with van der Waals surface area (Å²) in [6, 6.07) is 32.1. The lowest BCUT2D eigenvalue weighted by Gasteiger charge is -2.25. The van der Waals surface area contributed by atoms with Crippen LogP contribution in [0.2, 0.25) is 0 Å². The molecule has 5 aromatic carbocycles. The normalized spacial score (nSPS) is 11.3. The minimum atomic E-state index is -4.37. The number of methoxy groups -OCH3 is 1. The third kappa shape index (κ3) is 6.27. The zero-order valence-electron chi connectivity index (χ0n) is 23.8. The summed E-state index contributed by atoms with van der Waals surface area (Å²) in [5.41, 5.74) is 4.46. The first-order valence-electron chi connectivity index (χ1n) is 13.7. The largest absolute Gasteiger partial charge is 0.469 e. The summed E-state index contributed by atoms with van der Waals surface area (Å²) in [6.07, 6.45) is 0.616. The Kier molecular flexibility index (Phi) is 8.54. The van der Waals surface area contributed by atoms with Crippen LogP contribution in [0.25, 0.3) is 21.9 Å². The average Bonchev–Trinajstić information content (AvgIpc) is 3.02. The van der Waals surface area contributed by atoms with Gasteiger partial charge in [0.1, 0.15) is 0 Å². The van der Waals surface area contributed by atoms with E-state index in [0.29, 0.717) is 17.7 Å². The molecule has 0 aliphatic carbocycles. The zero-order valence-corrected chi connectivity index (χ0v) is 24.6. The second kappa shape index (κ2) is 12.5. The van der Waals surface area contributed by atoms with Crippen molar-refractivity contribution in [3.05, 3.63) is 136 Å². The fourth-order valence-corrected chi connectivity index (χ4v) is 6.81. The molecule has 0 saturated carbocycles. The molecule has 0 spiro atoms. The van der Waals surface area contributed by atoms with Crippen molar-refractivity contribution in [2.75, 3.05) is 11.4 Å². The lowest BCUT2D eigenvalue weighted by molar-refractivity contribution is -0.387. The Hall–Kier alpha value is -5.02. The summed E-state index contributed by atoms with van der Waals surface area (Å²) in [5.74, 6) is -0.342. The molecule has 0 radical (unpaired) electrons. The summed E-state index contributed by atoms with van der Waals surface area (Å²) < 4.78 is 34.2. The monoisotopic (exact) mass is 594 g/mol. The maximum absolute atomic E-state index is 14.1. The van der Waals surface area contributed by atoms with Gasteiger partial charge in [-0.15, -0.1) is 0 Å². The lowest BCUT2D eigenvalue weighted by atomic mass is 9.93. The standard InChI is InChI=1S/C34H30N2O6S/c1-24-14-18-27-9-3-4-11-30(27)34(24)28-10-7-8-26(22-28)23-35(29-19-15-25(16-20-29)17-21-33(37)42-2)43(40,41)32-13-6-5-12-31(32)36(38)39/h3-16,18-20,22H,17,21,23H2,1-2H3. The molecule has 0 N–H and O–H groups in total. The third-order valence-electron chi connectivity index (χ3n) is 7.38. The highest BCUT2D eigenvalue weighted by Crippen LogP contribution is 2.35. The SMILES string of the molecule is COC(=O)CCc1ccc(N(Cc2cccc(-c3c(C)ccc4ccccc34)c2)S(=O)(=O)c2ccccc2[N+](=O)[O-])cc1. The van der Waals surface area contributed by atoms with Gasteiger partial charge in [-0.2, -0.15) is 0 Å². The Labute approximate surface area is 250 Å². The maximum atomic E-state index is 14.1. The fourth-order valence-electron chi connectivity index (χ4n) is 5.19. The number of sulfonamides is 1. The van der Waals surface area contributed by atoms with Gasteiger partial charge in [0.15, 0.2) is 4.90 Å². The predicted molar refractivity (Wildman–Crippen MR) is 167 cm³/mol. The molecule has 0 heterocycles. The van der Waals surface area contributed by atoms with E-state index in [1.807, 2.05) is 43.3 Å². The number of anilines is 1. The molecule has 218 valence electrons. The van der Waals surface area contributed by atoms with Crippen molar-refractivity contribution in [2.24, 2.45) is 0 Å². The Balaban J connectivity index is 1.58. The Bertz CT molecular complexity index is 1920. The number of para-hydroxylation sites is 1. The van der Waals surface area contributed by atoms with E-state index in [2.05, 4.69) is 24.3 Å². The number of aryl methyl sites for hydroxylation is 2. The van der Waals surface area contributed by atoms with Crippen LogP contribution in [0, 0.1) is 17.0 Å². The highest BCUT2D eigenvalue weighted by Gasteiger charge is 2.32. The summed E-state index contributed by atoms with van der Waals surface area (Å²) in [7, 11) is -3.05. The van der Waals surface area contributed by atoms with E-state index >= 15 is 0 Å². The topological polar surface area (TPSA) is 107 Å². The first kappa shape index (κ1) is 29.5. The number of hydrogen-bond acceptors (Lipinski definition) is 6. The van der Waals surface area contributed by atoms with E-state index in [4.69, 9.17) is 4.74 Å². The highest BCUT2D eigenvalue weighted by molar-refractivity contribution is 7.93. The molecular formula is C34H30N2O6S.